The molecule has 302 valence electrons. The van der Waals surface area contributed by atoms with Crippen LogP contribution >= 0.6 is 0 Å². The summed E-state index contributed by atoms with van der Waals surface area (Å²) in [6, 6.07) is 12.9. The molecule has 0 radical (unpaired) electrons. The van der Waals surface area contributed by atoms with Gasteiger partial charge in [0.25, 0.3) is 0 Å². The fourth-order valence-corrected chi connectivity index (χ4v) is 7.39. The van der Waals surface area contributed by atoms with Crippen LogP contribution in [0.4, 0.5) is 0 Å². The van der Waals surface area contributed by atoms with Crippen LogP contribution < -0.4 is 40.2 Å². The number of benzene rings is 2. The number of ether oxygens (including phenoxy) is 8. The van der Waals surface area contributed by atoms with Crippen LogP contribution in [0, 0.1) is 11.8 Å². The molecule has 2 aromatic carbocycles. The molecule has 0 bridgehead atoms. The summed E-state index contributed by atoms with van der Waals surface area (Å²) in [5, 5.41) is 13.6. The number of nitrogens with one attached hydrogen (secondary N) is 4. The molecule has 54 heavy (non-hydrogen) atoms. The first-order valence-electron chi connectivity index (χ1n) is 20.7. The van der Waals surface area contributed by atoms with Crippen molar-refractivity contribution in [2.75, 3.05) is 105 Å². The zero-order valence-electron chi connectivity index (χ0n) is 32.8. The molecule has 2 aromatic rings. The van der Waals surface area contributed by atoms with Gasteiger partial charge in [-0.3, -0.25) is 0 Å². The second kappa shape index (κ2) is 22.8. The molecule has 0 amide bonds. The molecule has 0 aromatic heterocycles. The zero-order valence-corrected chi connectivity index (χ0v) is 32.8. The summed E-state index contributed by atoms with van der Waals surface area (Å²) in [4.78, 5) is 0. The standard InChI is InChI=1S/C42H66N4O8/c1-31(23-33-3-5-39(51-15-7-35-27-43-11-19-47-35)41(25-33)53-17-9-37-29-45-13-21-49-37)32(2)24-34-4-6-40(52-16-8-36-28-44-12-20-48-36)42(26-34)54-18-10-38-30-46-14-22-50-38/h3-6,25-26,31-32,35-38,43-46H,7-24,27-30H2,1-2H3. The number of hydrogen-bond donors (Lipinski definition) is 4. The van der Waals surface area contributed by atoms with E-state index in [9.17, 15) is 0 Å². The highest BCUT2D eigenvalue weighted by Crippen LogP contribution is 2.33. The number of rotatable bonds is 21. The van der Waals surface area contributed by atoms with Crippen molar-refractivity contribution in [3.05, 3.63) is 47.5 Å². The average molecular weight is 755 g/mol. The number of hydrogen-bond acceptors (Lipinski definition) is 12. The van der Waals surface area contributed by atoms with Gasteiger partial charge in [-0.25, -0.2) is 0 Å². The lowest BCUT2D eigenvalue weighted by Gasteiger charge is -2.25. The van der Waals surface area contributed by atoms with Gasteiger partial charge >= 0.3 is 0 Å². The highest BCUT2D eigenvalue weighted by atomic mass is 16.5. The van der Waals surface area contributed by atoms with E-state index in [4.69, 9.17) is 37.9 Å². The maximum Gasteiger partial charge on any atom is 0.161 e. The highest BCUT2D eigenvalue weighted by Gasteiger charge is 2.21. The Labute approximate surface area is 323 Å². The average Bonchev–Trinajstić information content (AvgIpc) is 3.21. The van der Waals surface area contributed by atoms with E-state index in [-0.39, 0.29) is 24.4 Å². The van der Waals surface area contributed by atoms with Crippen LogP contribution in [-0.4, -0.2) is 130 Å². The molecule has 4 N–H and O–H groups in total. The van der Waals surface area contributed by atoms with E-state index in [2.05, 4.69) is 71.5 Å². The molecule has 6 rings (SSSR count). The van der Waals surface area contributed by atoms with Gasteiger partial charge in [0.2, 0.25) is 0 Å². The van der Waals surface area contributed by atoms with Crippen LogP contribution in [0.15, 0.2) is 36.4 Å². The molecule has 4 fully saturated rings. The van der Waals surface area contributed by atoms with Crippen molar-refractivity contribution in [2.45, 2.75) is 76.8 Å². The summed E-state index contributed by atoms with van der Waals surface area (Å²) < 4.78 is 48.9. The monoisotopic (exact) mass is 754 g/mol. The number of morpholine rings is 4. The predicted molar refractivity (Wildman–Crippen MR) is 210 cm³/mol. The molecule has 6 unspecified atom stereocenters. The van der Waals surface area contributed by atoms with Crippen LogP contribution in [0.3, 0.4) is 0 Å². The lowest BCUT2D eigenvalue weighted by Crippen LogP contribution is -2.39. The molecule has 4 aliphatic heterocycles. The molecule has 0 aliphatic carbocycles. The summed E-state index contributed by atoms with van der Waals surface area (Å²) in [5.41, 5.74) is 2.49. The largest absolute Gasteiger partial charge is 0.490 e. The molecular formula is C42H66N4O8. The minimum Gasteiger partial charge on any atom is -0.490 e. The van der Waals surface area contributed by atoms with Gasteiger partial charge in [0.05, 0.1) is 77.3 Å². The molecule has 4 saturated heterocycles. The summed E-state index contributed by atoms with van der Waals surface area (Å²) in [5.74, 6) is 4.05. The minimum absolute atomic E-state index is 0.173. The van der Waals surface area contributed by atoms with Crippen LogP contribution in [0.2, 0.25) is 0 Å². The Morgan fingerprint density at radius 2 is 0.796 bits per heavy atom. The Balaban J connectivity index is 1.05. The molecule has 12 nitrogen and oxygen atoms in total. The van der Waals surface area contributed by atoms with Gasteiger partial charge in [0.15, 0.2) is 23.0 Å². The van der Waals surface area contributed by atoms with Crippen LogP contribution in [0.1, 0.15) is 50.7 Å². The Hall–Kier alpha value is -2.68. The second-order valence-corrected chi connectivity index (χ2v) is 15.3. The SMILES string of the molecule is CC(Cc1ccc(OCCC2CNCCO2)c(OCCC2CNCCO2)c1)C(C)Cc1ccc(OCCC2CNCCO2)c(OCCC2CNCCO2)c1. The van der Waals surface area contributed by atoms with E-state index in [0.29, 0.717) is 38.3 Å². The maximum absolute atomic E-state index is 6.39. The molecule has 6 atom stereocenters. The third kappa shape index (κ3) is 13.8. The minimum atomic E-state index is 0.173. The Kier molecular flexibility index (Phi) is 17.3. The van der Waals surface area contributed by atoms with Gasteiger partial charge in [-0.2, -0.15) is 0 Å². The third-order valence-corrected chi connectivity index (χ3v) is 10.9. The summed E-state index contributed by atoms with van der Waals surface area (Å²) in [6.45, 7) is 17.1. The summed E-state index contributed by atoms with van der Waals surface area (Å²) in [7, 11) is 0. The highest BCUT2D eigenvalue weighted by molar-refractivity contribution is 5.44. The van der Waals surface area contributed by atoms with Gasteiger partial charge in [0, 0.05) is 78.0 Å². The van der Waals surface area contributed by atoms with E-state index in [1.165, 1.54) is 11.1 Å². The maximum atomic E-state index is 6.39. The van der Waals surface area contributed by atoms with Gasteiger partial charge < -0.3 is 59.2 Å². The fraction of sp³-hybridized carbons (Fsp3) is 0.714. The van der Waals surface area contributed by atoms with Crippen LogP contribution in [0.5, 0.6) is 23.0 Å². The van der Waals surface area contributed by atoms with Crippen molar-refractivity contribution < 1.29 is 37.9 Å². The molecular weight excluding hydrogens is 688 g/mol. The Morgan fingerprint density at radius 3 is 1.09 bits per heavy atom. The van der Waals surface area contributed by atoms with Crippen LogP contribution in [-0.2, 0) is 31.8 Å². The molecule has 0 saturated carbocycles. The van der Waals surface area contributed by atoms with E-state index in [0.717, 1.165) is 140 Å². The first-order chi connectivity index (χ1) is 26.6. The van der Waals surface area contributed by atoms with E-state index in [1.807, 2.05) is 0 Å². The van der Waals surface area contributed by atoms with Crippen molar-refractivity contribution >= 4 is 0 Å². The third-order valence-electron chi connectivity index (χ3n) is 10.9. The topological polar surface area (TPSA) is 122 Å². The molecule has 4 heterocycles. The first kappa shape index (κ1) is 41.0. The van der Waals surface area contributed by atoms with Crippen molar-refractivity contribution in [2.24, 2.45) is 11.8 Å². The first-order valence-corrected chi connectivity index (χ1v) is 20.7. The smallest absolute Gasteiger partial charge is 0.161 e. The Morgan fingerprint density at radius 1 is 0.481 bits per heavy atom. The van der Waals surface area contributed by atoms with E-state index in [1.54, 1.807) is 0 Å². The lowest BCUT2D eigenvalue weighted by molar-refractivity contribution is 0.0138. The normalized spacial score (nSPS) is 24.7. The summed E-state index contributed by atoms with van der Waals surface area (Å²) in [6.07, 6.45) is 5.92. The zero-order chi connectivity index (χ0) is 37.2. The van der Waals surface area contributed by atoms with E-state index < -0.39 is 0 Å². The van der Waals surface area contributed by atoms with Gasteiger partial charge in [0.1, 0.15) is 0 Å². The molecule has 12 heteroatoms. The Bertz CT molecular complexity index is 1240. The molecule has 0 spiro atoms. The van der Waals surface area contributed by atoms with E-state index >= 15 is 0 Å². The van der Waals surface area contributed by atoms with Crippen molar-refractivity contribution in [3.8, 4) is 23.0 Å². The summed E-state index contributed by atoms with van der Waals surface area (Å²) >= 11 is 0. The van der Waals surface area contributed by atoms with Crippen molar-refractivity contribution in [1.82, 2.24) is 21.3 Å². The van der Waals surface area contributed by atoms with Gasteiger partial charge in [-0.05, 0) is 60.1 Å². The quantitative estimate of drug-likeness (QED) is 0.149. The lowest BCUT2D eigenvalue weighted by atomic mass is 9.85. The predicted octanol–water partition coefficient (Wildman–Crippen LogP) is 3.77. The van der Waals surface area contributed by atoms with Crippen LogP contribution in [0.25, 0.3) is 0 Å². The van der Waals surface area contributed by atoms with Crippen molar-refractivity contribution in [1.29, 1.82) is 0 Å². The van der Waals surface area contributed by atoms with Gasteiger partial charge in [-0.15, -0.1) is 0 Å². The van der Waals surface area contributed by atoms with Gasteiger partial charge in [-0.1, -0.05) is 26.0 Å². The fourth-order valence-electron chi connectivity index (χ4n) is 7.39. The van der Waals surface area contributed by atoms with Crippen molar-refractivity contribution in [3.63, 3.8) is 0 Å². The second-order valence-electron chi connectivity index (χ2n) is 15.3. The molecule has 4 aliphatic rings.